The molecule has 2 rings (SSSR count). The molecule has 0 aliphatic heterocycles. The van der Waals surface area contributed by atoms with Crippen molar-refractivity contribution in [2.75, 3.05) is 11.9 Å². The number of hydrogen-bond donors (Lipinski definition) is 1. The second kappa shape index (κ2) is 5.14. The largest absolute Gasteiger partial charge is 0.478 e. The minimum absolute atomic E-state index is 0.610. The first kappa shape index (κ1) is 11.2. The highest BCUT2D eigenvalue weighted by atomic mass is 16.5. The number of aryl methyl sites for hydroxylation is 1. The van der Waals surface area contributed by atoms with Crippen molar-refractivity contribution in [3.63, 3.8) is 0 Å². The molecule has 0 saturated heterocycles. The quantitative estimate of drug-likeness (QED) is 0.801. The van der Waals surface area contributed by atoms with E-state index in [0.717, 1.165) is 24.5 Å². The number of hydrogen-bond acceptors (Lipinski definition) is 4. The first-order valence-electron chi connectivity index (χ1n) is 6.09. The topological polar surface area (TPSA) is 47.0 Å². The van der Waals surface area contributed by atoms with Gasteiger partial charge in [0.15, 0.2) is 0 Å². The zero-order chi connectivity index (χ0) is 11.4. The van der Waals surface area contributed by atoms with Crippen molar-refractivity contribution < 1.29 is 4.74 Å². The molecular weight excluding hydrogens is 202 g/mol. The first-order valence-corrected chi connectivity index (χ1v) is 6.09. The van der Waals surface area contributed by atoms with Gasteiger partial charge in [-0.3, -0.25) is 0 Å². The summed E-state index contributed by atoms with van der Waals surface area (Å²) in [6.45, 7) is 4.86. The Balaban J connectivity index is 2.09. The van der Waals surface area contributed by atoms with E-state index in [1.807, 2.05) is 6.07 Å². The fraction of sp³-hybridized carbons (Fsp3) is 0.667. The molecule has 4 heteroatoms. The number of nitrogens with zero attached hydrogens (tertiary/aromatic N) is 2. The van der Waals surface area contributed by atoms with E-state index in [1.54, 1.807) is 0 Å². The Bertz CT molecular complexity index is 350. The molecule has 1 aliphatic carbocycles. The lowest BCUT2D eigenvalue weighted by molar-refractivity contribution is 0.304. The maximum absolute atomic E-state index is 5.55. The van der Waals surface area contributed by atoms with Crippen molar-refractivity contribution in [2.45, 2.75) is 45.6 Å². The molecule has 0 atom stereocenters. The van der Waals surface area contributed by atoms with Gasteiger partial charge < -0.3 is 10.1 Å². The van der Waals surface area contributed by atoms with E-state index in [2.05, 4.69) is 29.1 Å². The highest BCUT2D eigenvalue weighted by Gasteiger charge is 2.21. The van der Waals surface area contributed by atoms with Crippen LogP contribution in [0.5, 0.6) is 5.88 Å². The third-order valence-electron chi connectivity index (χ3n) is 2.45. The highest BCUT2D eigenvalue weighted by Crippen LogP contribution is 2.25. The fourth-order valence-corrected chi connectivity index (χ4v) is 1.42. The van der Waals surface area contributed by atoms with Crippen molar-refractivity contribution in [2.24, 2.45) is 0 Å². The maximum atomic E-state index is 5.55. The molecule has 0 spiro atoms. The van der Waals surface area contributed by atoms with E-state index in [-0.39, 0.29) is 0 Å². The molecule has 1 aromatic heterocycles. The highest BCUT2D eigenvalue weighted by molar-refractivity contribution is 5.40. The smallest absolute Gasteiger partial charge is 0.218 e. The van der Waals surface area contributed by atoms with Gasteiger partial charge in [0.1, 0.15) is 11.6 Å². The first-order chi connectivity index (χ1) is 7.81. The van der Waals surface area contributed by atoms with Crippen molar-refractivity contribution in [1.29, 1.82) is 0 Å². The minimum atomic E-state index is 0.610. The van der Waals surface area contributed by atoms with Gasteiger partial charge in [-0.1, -0.05) is 13.8 Å². The Morgan fingerprint density at radius 3 is 2.81 bits per heavy atom. The second-order valence-electron chi connectivity index (χ2n) is 4.13. The number of rotatable bonds is 6. The molecule has 1 aliphatic rings. The average Bonchev–Trinajstić information content (AvgIpc) is 3.10. The third kappa shape index (κ3) is 3.08. The van der Waals surface area contributed by atoms with Crippen molar-refractivity contribution in [3.8, 4) is 5.88 Å². The van der Waals surface area contributed by atoms with Gasteiger partial charge >= 0.3 is 0 Å². The molecular formula is C12H19N3O. The summed E-state index contributed by atoms with van der Waals surface area (Å²) in [5.41, 5.74) is 0. The Labute approximate surface area is 96.4 Å². The molecule has 0 radical (unpaired) electrons. The van der Waals surface area contributed by atoms with Crippen LogP contribution in [0.15, 0.2) is 6.07 Å². The number of ether oxygens (including phenoxy) is 1. The monoisotopic (exact) mass is 221 g/mol. The Morgan fingerprint density at radius 1 is 1.38 bits per heavy atom. The van der Waals surface area contributed by atoms with Crippen LogP contribution in [-0.4, -0.2) is 22.6 Å². The van der Waals surface area contributed by atoms with E-state index < -0.39 is 0 Å². The molecule has 4 nitrogen and oxygen atoms in total. The van der Waals surface area contributed by atoms with Gasteiger partial charge in [0.05, 0.1) is 6.61 Å². The van der Waals surface area contributed by atoms with Gasteiger partial charge in [-0.25, -0.2) is 4.98 Å². The molecule has 0 unspecified atom stereocenters. The maximum Gasteiger partial charge on any atom is 0.218 e. The summed E-state index contributed by atoms with van der Waals surface area (Å²) in [4.78, 5) is 8.78. The molecule has 1 aromatic rings. The van der Waals surface area contributed by atoms with Crippen molar-refractivity contribution in [1.82, 2.24) is 9.97 Å². The van der Waals surface area contributed by atoms with Gasteiger partial charge in [0, 0.05) is 18.5 Å². The van der Waals surface area contributed by atoms with Gasteiger partial charge in [0.25, 0.3) is 0 Å². The lowest BCUT2D eigenvalue weighted by Crippen LogP contribution is -2.07. The summed E-state index contributed by atoms with van der Waals surface area (Å²) in [6.07, 6.45) is 4.33. The summed E-state index contributed by atoms with van der Waals surface area (Å²) < 4.78 is 5.55. The Kier molecular flexibility index (Phi) is 3.59. The van der Waals surface area contributed by atoms with Crippen LogP contribution in [0.25, 0.3) is 0 Å². The molecule has 1 fully saturated rings. The van der Waals surface area contributed by atoms with Crippen LogP contribution in [-0.2, 0) is 6.42 Å². The number of aromatic nitrogens is 2. The predicted octanol–water partition coefficient (Wildman–Crippen LogP) is 2.40. The van der Waals surface area contributed by atoms with E-state index in [1.165, 1.54) is 12.8 Å². The molecule has 88 valence electrons. The normalized spacial score (nSPS) is 14.9. The van der Waals surface area contributed by atoms with Crippen LogP contribution in [0.4, 0.5) is 5.82 Å². The van der Waals surface area contributed by atoms with Crippen molar-refractivity contribution in [3.05, 3.63) is 11.9 Å². The van der Waals surface area contributed by atoms with Crippen molar-refractivity contribution >= 4 is 5.82 Å². The van der Waals surface area contributed by atoms with Gasteiger partial charge in [-0.05, 0) is 19.3 Å². The summed E-state index contributed by atoms with van der Waals surface area (Å²) >= 11 is 0. The molecule has 16 heavy (non-hydrogen) atoms. The second-order valence-corrected chi connectivity index (χ2v) is 4.13. The SMILES string of the molecule is CCCOc1cc(NC2CC2)nc(CC)n1. The van der Waals surface area contributed by atoms with E-state index in [9.17, 15) is 0 Å². The van der Waals surface area contributed by atoms with Gasteiger partial charge in [-0.2, -0.15) is 4.98 Å². The zero-order valence-corrected chi connectivity index (χ0v) is 9.99. The molecule has 1 N–H and O–H groups in total. The summed E-state index contributed by atoms with van der Waals surface area (Å²) in [6, 6.07) is 2.51. The third-order valence-corrected chi connectivity index (χ3v) is 2.45. The van der Waals surface area contributed by atoms with Crippen LogP contribution in [0, 0.1) is 0 Å². The van der Waals surface area contributed by atoms with Crippen LogP contribution >= 0.6 is 0 Å². The Morgan fingerprint density at radius 2 is 2.19 bits per heavy atom. The Hall–Kier alpha value is -1.32. The fourth-order valence-electron chi connectivity index (χ4n) is 1.42. The number of anilines is 1. The van der Waals surface area contributed by atoms with E-state index in [4.69, 9.17) is 4.74 Å². The van der Waals surface area contributed by atoms with Crippen LogP contribution in [0.3, 0.4) is 0 Å². The summed E-state index contributed by atoms with van der Waals surface area (Å²) in [5.74, 6) is 2.44. The molecule has 0 bridgehead atoms. The van der Waals surface area contributed by atoms with Crippen LogP contribution < -0.4 is 10.1 Å². The van der Waals surface area contributed by atoms with Gasteiger partial charge in [0.2, 0.25) is 5.88 Å². The average molecular weight is 221 g/mol. The standard InChI is InChI=1S/C12H19N3O/c1-3-7-16-12-8-11(13-9-5-6-9)14-10(4-2)15-12/h8-9H,3-7H2,1-2H3,(H,13,14,15). The lowest BCUT2D eigenvalue weighted by Gasteiger charge is -2.09. The molecule has 0 amide bonds. The molecule has 1 saturated carbocycles. The van der Waals surface area contributed by atoms with Gasteiger partial charge in [-0.15, -0.1) is 0 Å². The number of nitrogens with one attached hydrogen (secondary N) is 1. The summed E-state index contributed by atoms with van der Waals surface area (Å²) in [5, 5.41) is 3.38. The molecule has 0 aromatic carbocycles. The van der Waals surface area contributed by atoms with E-state index >= 15 is 0 Å². The zero-order valence-electron chi connectivity index (χ0n) is 9.99. The lowest BCUT2D eigenvalue weighted by atomic mass is 10.4. The van der Waals surface area contributed by atoms with Crippen LogP contribution in [0.1, 0.15) is 38.9 Å². The summed E-state index contributed by atoms with van der Waals surface area (Å²) in [7, 11) is 0. The van der Waals surface area contributed by atoms with Crippen LogP contribution in [0.2, 0.25) is 0 Å². The minimum Gasteiger partial charge on any atom is -0.478 e. The molecule has 1 heterocycles. The van der Waals surface area contributed by atoms with E-state index in [0.29, 0.717) is 18.5 Å². The predicted molar refractivity (Wildman–Crippen MR) is 63.8 cm³/mol.